The Balaban J connectivity index is 2.63. The molecule has 0 fully saturated rings. The Bertz CT molecular complexity index is 259. The molecule has 1 heterocycles. The van der Waals surface area contributed by atoms with Crippen molar-refractivity contribution >= 4 is 6.09 Å². The highest BCUT2D eigenvalue weighted by Crippen LogP contribution is 2.07. The van der Waals surface area contributed by atoms with Crippen LogP contribution in [0, 0.1) is 0 Å². The first-order valence-electron chi connectivity index (χ1n) is 3.76. The summed E-state index contributed by atoms with van der Waals surface area (Å²) in [5, 5.41) is 0. The number of H-pyrrole nitrogens is 1. The first-order valence-corrected chi connectivity index (χ1v) is 3.76. The molecule has 0 aromatic carbocycles. The molecule has 0 spiro atoms. The maximum Gasteiger partial charge on any atom is 0.512 e. The van der Waals surface area contributed by atoms with Gasteiger partial charge in [-0.05, 0) is 20.8 Å². The van der Waals surface area contributed by atoms with Gasteiger partial charge in [-0.1, -0.05) is 0 Å². The third-order valence-corrected chi connectivity index (χ3v) is 1.15. The van der Waals surface area contributed by atoms with Crippen LogP contribution in [0.5, 0.6) is 0 Å². The van der Waals surface area contributed by atoms with E-state index in [1.54, 1.807) is 12.4 Å². The molecule has 0 saturated carbocycles. The van der Waals surface area contributed by atoms with E-state index in [0.29, 0.717) is 0 Å². The van der Waals surface area contributed by atoms with Crippen molar-refractivity contribution in [2.75, 3.05) is 0 Å². The van der Waals surface area contributed by atoms with Crippen LogP contribution in [-0.4, -0.2) is 16.3 Å². The van der Waals surface area contributed by atoms with Crippen LogP contribution in [0.25, 0.3) is 0 Å². The number of aromatic amines is 1. The molecular formula is C8H13N2O2+. The number of rotatable bonds is 0. The number of nitrogens with one attached hydrogen (secondary N) is 1. The average molecular weight is 169 g/mol. The van der Waals surface area contributed by atoms with Gasteiger partial charge in [0.05, 0.1) is 0 Å². The van der Waals surface area contributed by atoms with Crippen LogP contribution in [0.4, 0.5) is 4.79 Å². The van der Waals surface area contributed by atoms with E-state index in [1.165, 1.54) is 10.9 Å². The summed E-state index contributed by atoms with van der Waals surface area (Å²) in [7, 11) is 0. The quantitative estimate of drug-likeness (QED) is 0.583. The smallest absolute Gasteiger partial charge is 0.425 e. The maximum atomic E-state index is 11.2. The lowest BCUT2D eigenvalue weighted by atomic mass is 10.2. The van der Waals surface area contributed by atoms with Crippen LogP contribution in [0.2, 0.25) is 0 Å². The fraction of sp³-hybridized carbons (Fsp3) is 0.500. The molecule has 0 radical (unpaired) electrons. The van der Waals surface area contributed by atoms with Gasteiger partial charge in [-0.25, -0.2) is 4.98 Å². The number of aromatic nitrogens is 2. The third-order valence-electron chi connectivity index (χ3n) is 1.15. The van der Waals surface area contributed by atoms with E-state index in [0.717, 1.165) is 0 Å². The minimum atomic E-state index is -0.443. The summed E-state index contributed by atoms with van der Waals surface area (Å²) < 4.78 is 6.44. The van der Waals surface area contributed by atoms with Gasteiger partial charge in [0.25, 0.3) is 6.33 Å². The van der Waals surface area contributed by atoms with Crippen molar-refractivity contribution in [2.45, 2.75) is 26.4 Å². The Morgan fingerprint density at radius 1 is 1.50 bits per heavy atom. The molecule has 1 aromatic rings. The van der Waals surface area contributed by atoms with Crippen LogP contribution < -0.4 is 4.98 Å². The molecule has 0 aliphatic rings. The van der Waals surface area contributed by atoms with E-state index in [-0.39, 0.29) is 6.09 Å². The number of ether oxygens (including phenoxy) is 1. The topological polar surface area (TPSA) is 45.4 Å². The molecular weight excluding hydrogens is 156 g/mol. The van der Waals surface area contributed by atoms with Crippen molar-refractivity contribution in [3.8, 4) is 0 Å². The predicted octanol–water partition coefficient (Wildman–Crippen LogP) is 1.09. The minimum Gasteiger partial charge on any atom is -0.425 e. The van der Waals surface area contributed by atoms with Gasteiger partial charge < -0.3 is 4.74 Å². The number of carbonyl (C=O) groups is 1. The number of imidazole rings is 1. The molecule has 1 aromatic heterocycles. The molecule has 0 atom stereocenters. The van der Waals surface area contributed by atoms with Crippen molar-refractivity contribution in [3.05, 3.63) is 18.7 Å². The van der Waals surface area contributed by atoms with Gasteiger partial charge in [0, 0.05) is 0 Å². The molecule has 0 aliphatic carbocycles. The largest absolute Gasteiger partial charge is 0.512 e. The Labute approximate surface area is 71.2 Å². The first-order chi connectivity index (χ1) is 5.49. The molecule has 4 heteroatoms. The van der Waals surface area contributed by atoms with Crippen molar-refractivity contribution in [1.29, 1.82) is 0 Å². The standard InChI is InChI=1S/C8H12N2O2/c1-8(2,3)12-7(11)10-5-4-9-6-10/h4-6H,1-3H3/p+1. The van der Waals surface area contributed by atoms with Gasteiger partial charge in [0.2, 0.25) is 0 Å². The summed E-state index contributed by atoms with van der Waals surface area (Å²) >= 11 is 0. The van der Waals surface area contributed by atoms with E-state index in [2.05, 4.69) is 4.98 Å². The monoisotopic (exact) mass is 169 g/mol. The zero-order valence-corrected chi connectivity index (χ0v) is 7.50. The van der Waals surface area contributed by atoms with Crippen LogP contribution >= 0.6 is 0 Å². The molecule has 1 N–H and O–H groups in total. The number of carbonyl (C=O) groups excluding carboxylic acids is 1. The van der Waals surface area contributed by atoms with Gasteiger partial charge >= 0.3 is 6.09 Å². The normalized spacial score (nSPS) is 11.2. The van der Waals surface area contributed by atoms with Crippen molar-refractivity contribution in [1.82, 2.24) is 4.57 Å². The molecule has 0 aliphatic heterocycles. The Hall–Kier alpha value is -1.32. The molecule has 0 bridgehead atoms. The Morgan fingerprint density at radius 2 is 2.17 bits per heavy atom. The van der Waals surface area contributed by atoms with Crippen molar-refractivity contribution < 1.29 is 14.5 Å². The Kier molecular flexibility index (Phi) is 2.17. The Morgan fingerprint density at radius 3 is 2.58 bits per heavy atom. The van der Waals surface area contributed by atoms with Crippen molar-refractivity contribution in [3.63, 3.8) is 0 Å². The van der Waals surface area contributed by atoms with E-state index in [4.69, 9.17) is 4.74 Å². The zero-order valence-electron chi connectivity index (χ0n) is 7.50. The van der Waals surface area contributed by atoms with E-state index >= 15 is 0 Å². The molecule has 12 heavy (non-hydrogen) atoms. The molecule has 66 valence electrons. The summed E-state index contributed by atoms with van der Waals surface area (Å²) in [6.45, 7) is 5.49. The second-order valence-corrected chi connectivity index (χ2v) is 3.50. The molecule has 0 amide bonds. The lowest BCUT2D eigenvalue weighted by Crippen LogP contribution is -2.26. The highest BCUT2D eigenvalue weighted by atomic mass is 16.6. The molecule has 0 unspecified atom stereocenters. The lowest BCUT2D eigenvalue weighted by Gasteiger charge is -2.16. The van der Waals surface area contributed by atoms with Crippen LogP contribution in [0.1, 0.15) is 20.8 Å². The van der Waals surface area contributed by atoms with Crippen LogP contribution in [0.3, 0.4) is 0 Å². The van der Waals surface area contributed by atoms with Gasteiger partial charge in [-0.15, -0.1) is 4.57 Å². The summed E-state index contributed by atoms with van der Waals surface area (Å²) in [5.41, 5.74) is -0.443. The number of hydrogen-bond acceptors (Lipinski definition) is 2. The fourth-order valence-electron chi connectivity index (χ4n) is 0.718. The summed E-state index contributed by atoms with van der Waals surface area (Å²) in [4.78, 5) is 14.0. The van der Waals surface area contributed by atoms with Gasteiger partial charge in [-0.3, -0.25) is 0 Å². The van der Waals surface area contributed by atoms with Crippen LogP contribution in [0.15, 0.2) is 18.7 Å². The van der Waals surface area contributed by atoms with Crippen LogP contribution in [-0.2, 0) is 4.74 Å². The first kappa shape index (κ1) is 8.77. The summed E-state index contributed by atoms with van der Waals surface area (Å²) in [6, 6.07) is 0. The number of hydrogen-bond donors (Lipinski definition) is 0. The van der Waals surface area contributed by atoms with Gasteiger partial charge in [0.15, 0.2) is 0 Å². The summed E-state index contributed by atoms with van der Waals surface area (Å²) in [5.74, 6) is 0. The third kappa shape index (κ3) is 2.38. The summed E-state index contributed by atoms with van der Waals surface area (Å²) in [6.07, 6.45) is 4.43. The SMILES string of the molecule is CC(C)(C)OC(=O)n1cc[nH+]c1. The minimum absolute atomic E-state index is 0.372. The molecule has 1 rings (SSSR count). The van der Waals surface area contributed by atoms with E-state index < -0.39 is 5.60 Å². The average Bonchev–Trinajstić information content (AvgIpc) is 2.32. The van der Waals surface area contributed by atoms with Gasteiger partial charge in [0.1, 0.15) is 18.0 Å². The van der Waals surface area contributed by atoms with E-state index in [9.17, 15) is 4.79 Å². The molecule has 4 nitrogen and oxygen atoms in total. The highest BCUT2D eigenvalue weighted by molar-refractivity contribution is 5.70. The van der Waals surface area contributed by atoms with E-state index in [1.807, 2.05) is 20.8 Å². The highest BCUT2D eigenvalue weighted by Gasteiger charge is 2.20. The molecule has 0 saturated heterocycles. The van der Waals surface area contributed by atoms with Gasteiger partial charge in [-0.2, -0.15) is 4.79 Å². The lowest BCUT2D eigenvalue weighted by molar-refractivity contribution is -0.376. The fourth-order valence-corrected chi connectivity index (χ4v) is 0.718. The second-order valence-electron chi connectivity index (χ2n) is 3.50. The maximum absolute atomic E-state index is 11.2. The number of nitrogens with zero attached hydrogens (tertiary/aromatic N) is 1. The van der Waals surface area contributed by atoms with Crippen molar-refractivity contribution in [2.24, 2.45) is 0 Å². The second kappa shape index (κ2) is 2.97. The predicted molar refractivity (Wildman–Crippen MR) is 42.6 cm³/mol. The zero-order chi connectivity index (χ0) is 9.19.